The van der Waals surface area contributed by atoms with Gasteiger partial charge in [0.1, 0.15) is 11.6 Å². The zero-order chi connectivity index (χ0) is 13.0. The number of hydrogen-bond acceptors (Lipinski definition) is 2. The lowest BCUT2D eigenvalue weighted by atomic mass is 10.0. The van der Waals surface area contributed by atoms with Gasteiger partial charge in [0.05, 0.1) is 5.57 Å². The van der Waals surface area contributed by atoms with Gasteiger partial charge >= 0.3 is 0 Å². The molecule has 2 nitrogen and oxygen atoms in total. The summed E-state index contributed by atoms with van der Waals surface area (Å²) in [7, 11) is 0. The van der Waals surface area contributed by atoms with Crippen LogP contribution in [0.3, 0.4) is 0 Å². The van der Waals surface area contributed by atoms with Gasteiger partial charge < -0.3 is 0 Å². The molecule has 17 heavy (non-hydrogen) atoms. The van der Waals surface area contributed by atoms with Crippen LogP contribution in [-0.4, -0.2) is 11.6 Å². The third-order valence-corrected chi connectivity index (χ3v) is 2.26. The molecule has 0 N–H and O–H groups in total. The second kappa shape index (κ2) is 5.48. The topological polar surface area (TPSA) is 34.1 Å². The Morgan fingerprint density at radius 3 is 2.41 bits per heavy atom. The summed E-state index contributed by atoms with van der Waals surface area (Å²) in [4.78, 5) is 22.7. The van der Waals surface area contributed by atoms with Crippen molar-refractivity contribution in [3.05, 3.63) is 41.0 Å². The molecule has 0 fully saturated rings. The van der Waals surface area contributed by atoms with Crippen LogP contribution in [0.5, 0.6) is 0 Å². The molecular formula is C13H12F2O2. The lowest BCUT2D eigenvalue weighted by molar-refractivity contribution is -0.120. The first kappa shape index (κ1) is 13.2. The molecule has 1 rings (SSSR count). The van der Waals surface area contributed by atoms with E-state index in [-0.39, 0.29) is 23.3 Å². The maximum atomic E-state index is 13.3. The first-order chi connectivity index (χ1) is 7.95. The van der Waals surface area contributed by atoms with Crippen LogP contribution in [0, 0.1) is 11.6 Å². The van der Waals surface area contributed by atoms with Gasteiger partial charge in [0.2, 0.25) is 0 Å². The Kier molecular flexibility index (Phi) is 4.26. The monoisotopic (exact) mass is 238 g/mol. The Hall–Kier alpha value is -1.84. The van der Waals surface area contributed by atoms with Gasteiger partial charge in [0.25, 0.3) is 0 Å². The Labute approximate surface area is 98.0 Å². The Morgan fingerprint density at radius 1 is 1.29 bits per heavy atom. The summed E-state index contributed by atoms with van der Waals surface area (Å²) in [6, 6.07) is 2.97. The van der Waals surface area contributed by atoms with Crippen molar-refractivity contribution in [2.24, 2.45) is 0 Å². The van der Waals surface area contributed by atoms with Crippen molar-refractivity contribution in [2.45, 2.75) is 20.3 Å². The second-order valence-corrected chi connectivity index (χ2v) is 3.56. The van der Waals surface area contributed by atoms with E-state index in [1.165, 1.54) is 13.0 Å². The number of benzene rings is 1. The SMILES string of the molecule is CCC(=O)C(=Cc1ccc(F)cc1F)C(C)=O. The molecule has 0 heterocycles. The average Bonchev–Trinajstić information content (AvgIpc) is 2.26. The fourth-order valence-corrected chi connectivity index (χ4v) is 1.34. The van der Waals surface area contributed by atoms with E-state index in [1.807, 2.05) is 0 Å². The zero-order valence-electron chi connectivity index (χ0n) is 9.59. The van der Waals surface area contributed by atoms with E-state index in [0.29, 0.717) is 6.07 Å². The number of ketones is 2. The maximum Gasteiger partial charge on any atom is 0.166 e. The van der Waals surface area contributed by atoms with E-state index in [1.54, 1.807) is 6.92 Å². The van der Waals surface area contributed by atoms with Gasteiger partial charge in [-0.2, -0.15) is 0 Å². The largest absolute Gasteiger partial charge is 0.294 e. The van der Waals surface area contributed by atoms with Crippen molar-refractivity contribution in [3.8, 4) is 0 Å². The molecule has 0 bridgehead atoms. The molecule has 0 amide bonds. The number of hydrogen-bond donors (Lipinski definition) is 0. The summed E-state index contributed by atoms with van der Waals surface area (Å²) >= 11 is 0. The molecule has 0 saturated heterocycles. The zero-order valence-corrected chi connectivity index (χ0v) is 9.59. The smallest absolute Gasteiger partial charge is 0.166 e. The highest BCUT2D eigenvalue weighted by molar-refractivity contribution is 6.22. The highest BCUT2D eigenvalue weighted by Crippen LogP contribution is 2.15. The molecular weight excluding hydrogens is 226 g/mol. The maximum absolute atomic E-state index is 13.3. The van der Waals surface area contributed by atoms with Gasteiger partial charge in [-0.3, -0.25) is 9.59 Å². The fourth-order valence-electron chi connectivity index (χ4n) is 1.34. The Balaban J connectivity index is 3.22. The molecule has 0 saturated carbocycles. The van der Waals surface area contributed by atoms with Crippen LogP contribution in [-0.2, 0) is 9.59 Å². The van der Waals surface area contributed by atoms with E-state index < -0.39 is 17.4 Å². The summed E-state index contributed by atoms with van der Waals surface area (Å²) in [5.41, 5.74) is -0.0450. The Morgan fingerprint density at radius 2 is 1.94 bits per heavy atom. The van der Waals surface area contributed by atoms with Crippen molar-refractivity contribution in [2.75, 3.05) is 0 Å². The van der Waals surface area contributed by atoms with Gasteiger partial charge in [-0.25, -0.2) is 8.78 Å². The molecule has 0 aliphatic carbocycles. The van der Waals surface area contributed by atoms with Crippen molar-refractivity contribution in [3.63, 3.8) is 0 Å². The van der Waals surface area contributed by atoms with Crippen LogP contribution >= 0.6 is 0 Å². The number of carbonyl (C=O) groups excluding carboxylic acids is 2. The molecule has 0 radical (unpaired) electrons. The minimum Gasteiger partial charge on any atom is -0.294 e. The van der Waals surface area contributed by atoms with Gasteiger partial charge in [0, 0.05) is 18.1 Å². The van der Waals surface area contributed by atoms with Gasteiger partial charge in [-0.05, 0) is 25.1 Å². The molecule has 0 aliphatic rings. The van der Waals surface area contributed by atoms with E-state index in [4.69, 9.17) is 0 Å². The molecule has 1 aromatic rings. The van der Waals surface area contributed by atoms with E-state index in [2.05, 4.69) is 0 Å². The number of halogens is 2. The van der Waals surface area contributed by atoms with Crippen LogP contribution in [0.4, 0.5) is 8.78 Å². The first-order valence-corrected chi connectivity index (χ1v) is 5.16. The van der Waals surface area contributed by atoms with Crippen LogP contribution in [0.25, 0.3) is 6.08 Å². The molecule has 4 heteroatoms. The first-order valence-electron chi connectivity index (χ1n) is 5.16. The lowest BCUT2D eigenvalue weighted by Gasteiger charge is -2.02. The lowest BCUT2D eigenvalue weighted by Crippen LogP contribution is -2.08. The molecule has 0 aliphatic heterocycles. The van der Waals surface area contributed by atoms with Crippen molar-refractivity contribution in [1.29, 1.82) is 0 Å². The van der Waals surface area contributed by atoms with Crippen molar-refractivity contribution >= 4 is 17.6 Å². The Bertz CT molecular complexity index is 490. The number of rotatable bonds is 4. The van der Waals surface area contributed by atoms with E-state index in [9.17, 15) is 18.4 Å². The number of allylic oxidation sites excluding steroid dienone is 1. The third kappa shape index (κ3) is 3.31. The summed E-state index contributed by atoms with van der Waals surface area (Å²) < 4.78 is 26.0. The molecule has 1 aromatic carbocycles. The average molecular weight is 238 g/mol. The van der Waals surface area contributed by atoms with Gasteiger partial charge in [0.15, 0.2) is 11.6 Å². The number of Topliss-reactive ketones (excluding diaryl/α,β-unsaturated/α-hetero) is 2. The molecule has 0 aromatic heterocycles. The highest BCUT2D eigenvalue weighted by Gasteiger charge is 2.13. The van der Waals surface area contributed by atoms with Crippen LogP contribution < -0.4 is 0 Å². The molecule has 0 spiro atoms. The van der Waals surface area contributed by atoms with Crippen LogP contribution in [0.15, 0.2) is 23.8 Å². The van der Waals surface area contributed by atoms with Crippen LogP contribution in [0.1, 0.15) is 25.8 Å². The molecule has 0 atom stereocenters. The minimum absolute atomic E-state index is 0.0263. The normalized spacial score (nSPS) is 11.4. The number of carbonyl (C=O) groups is 2. The van der Waals surface area contributed by atoms with Gasteiger partial charge in [-0.15, -0.1) is 0 Å². The highest BCUT2D eigenvalue weighted by atomic mass is 19.1. The van der Waals surface area contributed by atoms with Gasteiger partial charge in [-0.1, -0.05) is 6.92 Å². The van der Waals surface area contributed by atoms with E-state index in [0.717, 1.165) is 12.1 Å². The molecule has 0 unspecified atom stereocenters. The summed E-state index contributed by atoms with van der Waals surface area (Å²) in [5.74, 6) is -2.29. The van der Waals surface area contributed by atoms with Crippen molar-refractivity contribution < 1.29 is 18.4 Å². The minimum atomic E-state index is -0.798. The summed E-state index contributed by atoms with van der Waals surface area (Å²) in [6.45, 7) is 2.85. The van der Waals surface area contributed by atoms with Crippen molar-refractivity contribution in [1.82, 2.24) is 0 Å². The second-order valence-electron chi connectivity index (χ2n) is 3.56. The summed E-state index contributed by atoms with van der Waals surface area (Å²) in [5, 5.41) is 0. The standard InChI is InChI=1S/C13H12F2O2/c1-3-13(17)11(8(2)16)6-9-4-5-10(14)7-12(9)15/h4-7H,3H2,1-2H3. The predicted molar refractivity (Wildman–Crippen MR) is 60.3 cm³/mol. The van der Waals surface area contributed by atoms with Crippen LogP contribution in [0.2, 0.25) is 0 Å². The predicted octanol–water partition coefficient (Wildman–Crippen LogP) is 2.92. The third-order valence-electron chi connectivity index (χ3n) is 2.26. The fraction of sp³-hybridized carbons (Fsp3) is 0.231. The quantitative estimate of drug-likeness (QED) is 0.459. The molecule has 90 valence electrons. The summed E-state index contributed by atoms with van der Waals surface area (Å²) in [6.07, 6.45) is 1.32. The van der Waals surface area contributed by atoms with E-state index >= 15 is 0 Å².